The van der Waals surface area contributed by atoms with Crippen LogP contribution in [0, 0.1) is 46.3 Å². The lowest BCUT2D eigenvalue weighted by atomic mass is 9.28. The highest BCUT2D eigenvalue weighted by Gasteiger charge is 2.94. The van der Waals surface area contributed by atoms with E-state index in [0.29, 0.717) is 22.3 Å². The van der Waals surface area contributed by atoms with Crippen LogP contribution in [-0.2, 0) is 38.1 Å². The van der Waals surface area contributed by atoms with Crippen LogP contribution in [0.3, 0.4) is 0 Å². The first kappa shape index (κ1) is 22.2. The zero-order chi connectivity index (χ0) is 26.3. The maximum atomic E-state index is 13.5. The molecule has 9 rings (SSSR count). The maximum Gasteiger partial charge on any atom is 0.335 e. The Morgan fingerprint density at radius 1 is 0.632 bits per heavy atom. The van der Waals surface area contributed by atoms with E-state index in [1.54, 1.807) is 13.8 Å². The Morgan fingerprint density at radius 2 is 1.03 bits per heavy atom. The standard InChI is InChI=1S/C30H32O8/c1-11-17-21-27(3)13(7-5-9-15(27)25(33)35-21)19-20-14-8-6-10-16-26(34)36-22(28(14,16)4)18-12(2)24(32)38-30(18,20)29(17,19)37-23(11)31/h13-16,19-22H,5-10H2,1-4H3/t13-,14-,15-,16-,19+,20+,21+,22+,27+,28+,29-,30-/m1/s1. The van der Waals surface area contributed by atoms with Gasteiger partial charge in [-0.15, -0.1) is 0 Å². The van der Waals surface area contributed by atoms with Crippen molar-refractivity contribution in [3.05, 3.63) is 22.3 Å². The fourth-order valence-corrected chi connectivity index (χ4v) is 12.0. The molecular formula is C30H32O8. The van der Waals surface area contributed by atoms with Crippen molar-refractivity contribution in [2.24, 2.45) is 46.3 Å². The zero-order valence-electron chi connectivity index (χ0n) is 22.1. The third-order valence-electron chi connectivity index (χ3n) is 13.3. The van der Waals surface area contributed by atoms with Crippen LogP contribution in [0.5, 0.6) is 0 Å². The van der Waals surface area contributed by atoms with Gasteiger partial charge in [0.05, 0.1) is 11.8 Å². The average Bonchev–Trinajstić information content (AvgIpc) is 3.50. The van der Waals surface area contributed by atoms with Gasteiger partial charge in [-0.05, 0) is 51.4 Å². The van der Waals surface area contributed by atoms with E-state index in [1.165, 1.54) is 0 Å². The number of rotatable bonds is 0. The van der Waals surface area contributed by atoms with E-state index in [1.807, 2.05) is 0 Å². The molecular weight excluding hydrogens is 488 g/mol. The smallest absolute Gasteiger partial charge is 0.335 e. The van der Waals surface area contributed by atoms with Crippen molar-refractivity contribution >= 4 is 23.9 Å². The lowest BCUT2D eigenvalue weighted by Gasteiger charge is -2.77. The predicted octanol–water partition coefficient (Wildman–Crippen LogP) is 3.18. The van der Waals surface area contributed by atoms with Crippen molar-refractivity contribution in [2.75, 3.05) is 0 Å². The SMILES string of the molecule is CC1=C2[C@@H]3OC(=O)[C@H]4CCC[C@H]([C@H]5[C@@H]6[C@H]7CCC[C@@H]8C(=O)O[C@@H](C9=C(C)C(=O)O[C@]96[C@@]25OC1=O)[C@]87C)[C@@]43C. The van der Waals surface area contributed by atoms with Gasteiger partial charge < -0.3 is 18.9 Å². The highest BCUT2D eigenvalue weighted by molar-refractivity contribution is 5.99. The van der Waals surface area contributed by atoms with Crippen LogP contribution in [0.25, 0.3) is 0 Å². The molecule has 8 heteroatoms. The van der Waals surface area contributed by atoms with Crippen LogP contribution in [0.15, 0.2) is 22.3 Å². The molecule has 0 aromatic carbocycles. The first-order valence-corrected chi connectivity index (χ1v) is 14.4. The molecule has 7 fully saturated rings. The molecule has 5 aliphatic carbocycles. The Hall–Kier alpha value is -2.64. The fourth-order valence-electron chi connectivity index (χ4n) is 12.0. The van der Waals surface area contributed by atoms with Crippen LogP contribution in [0.2, 0.25) is 0 Å². The molecule has 38 heavy (non-hydrogen) atoms. The molecule has 12 atom stereocenters. The molecule has 0 aromatic rings. The van der Waals surface area contributed by atoms with E-state index in [2.05, 4.69) is 13.8 Å². The maximum absolute atomic E-state index is 13.5. The summed E-state index contributed by atoms with van der Waals surface area (Å²) in [5.74, 6) is -1.80. The van der Waals surface area contributed by atoms with Crippen molar-refractivity contribution in [3.8, 4) is 0 Å². The molecule has 5 saturated carbocycles. The summed E-state index contributed by atoms with van der Waals surface area (Å²) in [6.07, 6.45) is 3.99. The molecule has 0 radical (unpaired) electrons. The zero-order valence-corrected chi connectivity index (χ0v) is 22.1. The molecule has 0 aromatic heterocycles. The lowest BCUT2D eigenvalue weighted by Crippen LogP contribution is -2.87. The molecule has 4 heterocycles. The monoisotopic (exact) mass is 520 g/mol. The number of ether oxygens (including phenoxy) is 4. The highest BCUT2D eigenvalue weighted by Crippen LogP contribution is 2.84. The van der Waals surface area contributed by atoms with Gasteiger partial charge in [0.15, 0.2) is 11.2 Å². The Morgan fingerprint density at radius 3 is 1.42 bits per heavy atom. The number of esters is 4. The number of hydrogen-bond acceptors (Lipinski definition) is 8. The molecule has 200 valence electrons. The van der Waals surface area contributed by atoms with Gasteiger partial charge in [0.2, 0.25) is 0 Å². The van der Waals surface area contributed by atoms with E-state index < -0.39 is 46.2 Å². The van der Waals surface area contributed by atoms with Crippen LogP contribution < -0.4 is 0 Å². The quantitative estimate of drug-likeness (QED) is 0.354. The molecule has 0 amide bonds. The molecule has 2 spiro atoms. The van der Waals surface area contributed by atoms with Crippen LogP contribution in [0.1, 0.15) is 66.2 Å². The van der Waals surface area contributed by atoms with Gasteiger partial charge in [0.25, 0.3) is 0 Å². The molecule has 0 bridgehead atoms. The molecule has 4 aliphatic heterocycles. The molecule has 2 saturated heterocycles. The van der Waals surface area contributed by atoms with Gasteiger partial charge in [0, 0.05) is 45.0 Å². The van der Waals surface area contributed by atoms with Gasteiger partial charge >= 0.3 is 23.9 Å². The van der Waals surface area contributed by atoms with Crippen molar-refractivity contribution < 1.29 is 38.1 Å². The molecule has 0 N–H and O–H groups in total. The van der Waals surface area contributed by atoms with E-state index in [0.717, 1.165) is 38.5 Å². The van der Waals surface area contributed by atoms with Gasteiger partial charge in [-0.1, -0.05) is 26.7 Å². The summed E-state index contributed by atoms with van der Waals surface area (Å²) in [6.45, 7) is 7.87. The van der Waals surface area contributed by atoms with E-state index in [4.69, 9.17) is 18.9 Å². The second-order valence-electron chi connectivity index (χ2n) is 13.9. The largest absolute Gasteiger partial charge is 0.457 e. The van der Waals surface area contributed by atoms with Crippen LogP contribution >= 0.6 is 0 Å². The van der Waals surface area contributed by atoms with Crippen LogP contribution in [-0.4, -0.2) is 47.3 Å². The van der Waals surface area contributed by atoms with Gasteiger partial charge in [-0.2, -0.15) is 0 Å². The summed E-state index contributed by atoms with van der Waals surface area (Å²) in [4.78, 5) is 53.6. The lowest BCUT2D eigenvalue weighted by molar-refractivity contribution is -0.346. The number of carbonyl (C=O) groups excluding carboxylic acids is 4. The van der Waals surface area contributed by atoms with Crippen molar-refractivity contribution in [2.45, 2.75) is 89.6 Å². The average molecular weight is 521 g/mol. The number of carbonyl (C=O) groups is 4. The Kier molecular flexibility index (Phi) is 3.55. The van der Waals surface area contributed by atoms with Gasteiger partial charge in [-0.25, -0.2) is 9.59 Å². The normalized spacial score (nSPS) is 56.5. The molecule has 9 aliphatic rings. The van der Waals surface area contributed by atoms with Crippen LogP contribution in [0.4, 0.5) is 0 Å². The third kappa shape index (κ3) is 1.77. The molecule has 8 nitrogen and oxygen atoms in total. The van der Waals surface area contributed by atoms with E-state index in [9.17, 15) is 19.2 Å². The number of fused-ring (bicyclic) bond motifs is 5. The summed E-state index contributed by atoms with van der Waals surface area (Å²) >= 11 is 0. The Bertz CT molecular complexity index is 1290. The third-order valence-corrected chi connectivity index (χ3v) is 13.3. The summed E-state index contributed by atoms with van der Waals surface area (Å²) in [7, 11) is 0. The fraction of sp³-hybridized carbons (Fsp3) is 0.733. The number of hydrogen-bond donors (Lipinski definition) is 0. The predicted molar refractivity (Wildman–Crippen MR) is 128 cm³/mol. The first-order valence-electron chi connectivity index (χ1n) is 14.4. The van der Waals surface area contributed by atoms with Crippen molar-refractivity contribution in [1.82, 2.24) is 0 Å². The second kappa shape index (κ2) is 6.07. The minimum atomic E-state index is -1.23. The second-order valence-corrected chi connectivity index (χ2v) is 13.9. The summed E-state index contributed by atoms with van der Waals surface area (Å²) < 4.78 is 25.4. The molecule has 0 unspecified atom stereocenters. The van der Waals surface area contributed by atoms with Gasteiger partial charge in [0.1, 0.15) is 12.2 Å². The van der Waals surface area contributed by atoms with E-state index in [-0.39, 0.29) is 47.4 Å². The minimum Gasteiger partial charge on any atom is -0.457 e. The minimum absolute atomic E-state index is 0.0650. The summed E-state index contributed by atoms with van der Waals surface area (Å²) in [5, 5.41) is 0. The van der Waals surface area contributed by atoms with Gasteiger partial charge in [-0.3, -0.25) is 9.59 Å². The van der Waals surface area contributed by atoms with Crippen molar-refractivity contribution in [1.29, 1.82) is 0 Å². The first-order chi connectivity index (χ1) is 18.1. The van der Waals surface area contributed by atoms with E-state index >= 15 is 0 Å². The highest BCUT2D eigenvalue weighted by atomic mass is 16.6. The Balaban J connectivity index is 1.37. The summed E-state index contributed by atoms with van der Waals surface area (Å²) in [6, 6.07) is 0. The Labute approximate surface area is 220 Å². The topological polar surface area (TPSA) is 105 Å². The summed E-state index contributed by atoms with van der Waals surface area (Å²) in [5.41, 5.74) is -1.05. The van der Waals surface area contributed by atoms with Crippen molar-refractivity contribution in [3.63, 3.8) is 0 Å².